The molecule has 0 atom stereocenters. The maximum absolute atomic E-state index is 13.7. The van der Waals surface area contributed by atoms with Gasteiger partial charge in [-0.25, -0.2) is 13.8 Å². The van der Waals surface area contributed by atoms with Gasteiger partial charge in [0.25, 0.3) is 0 Å². The molecule has 0 fully saturated rings. The molecule has 34 heavy (non-hydrogen) atoms. The first-order valence-electron chi connectivity index (χ1n) is 10.3. The summed E-state index contributed by atoms with van der Waals surface area (Å²) in [5, 5.41) is 9.44. The topological polar surface area (TPSA) is 85.3 Å². The summed E-state index contributed by atoms with van der Waals surface area (Å²) in [6.07, 6.45) is 0.800. The molecule has 0 heterocycles. The van der Waals surface area contributed by atoms with Crippen LogP contribution in [-0.2, 0) is 27.5 Å². The lowest BCUT2D eigenvalue weighted by molar-refractivity contribution is -0.180. The van der Waals surface area contributed by atoms with Crippen molar-refractivity contribution in [2.45, 2.75) is 13.0 Å². The van der Waals surface area contributed by atoms with Gasteiger partial charge in [-0.15, -0.1) is 0 Å². The Morgan fingerprint density at radius 1 is 1.03 bits per heavy atom. The van der Waals surface area contributed by atoms with E-state index in [0.29, 0.717) is 36.3 Å². The normalized spacial score (nSPS) is 10.6. The van der Waals surface area contributed by atoms with Gasteiger partial charge in [-0.2, -0.15) is 0 Å². The van der Waals surface area contributed by atoms with Gasteiger partial charge < -0.3 is 14.6 Å². The Labute approximate surface area is 195 Å². The molecule has 1 amide bonds. The summed E-state index contributed by atoms with van der Waals surface area (Å²) in [4.78, 5) is 26.6. The van der Waals surface area contributed by atoms with Gasteiger partial charge in [0.15, 0.2) is 11.6 Å². The van der Waals surface area contributed by atoms with E-state index < -0.39 is 24.1 Å². The first-order chi connectivity index (χ1) is 16.4. The van der Waals surface area contributed by atoms with Crippen molar-refractivity contribution in [1.29, 1.82) is 0 Å². The monoisotopic (exact) mass is 471 g/mol. The average Bonchev–Trinajstić information content (AvgIpc) is 2.84. The largest absolute Gasteiger partial charge is 0.496 e. The number of hydrogen-bond acceptors (Lipinski definition) is 5. The summed E-state index contributed by atoms with van der Waals surface area (Å²) in [5.41, 5.74) is 2.92. The third-order valence-electron chi connectivity index (χ3n) is 4.86. The van der Waals surface area contributed by atoms with Gasteiger partial charge in [-0.3, -0.25) is 14.4 Å². The molecule has 3 aromatic carbocycles. The zero-order valence-corrected chi connectivity index (χ0v) is 18.4. The van der Waals surface area contributed by atoms with E-state index in [1.807, 2.05) is 24.3 Å². The van der Waals surface area contributed by atoms with E-state index in [-0.39, 0.29) is 12.4 Å². The Kier molecular flexibility index (Phi) is 8.53. The van der Waals surface area contributed by atoms with Crippen LogP contribution in [0.15, 0.2) is 60.7 Å². The SMILES string of the molecule is COc1cc(F)c(F)cc1-c1ccc(OCc2cccc(CCON(C=O)CC(=O)O)c2)cc1. The zero-order valence-electron chi connectivity index (χ0n) is 18.4. The average molecular weight is 471 g/mol. The summed E-state index contributed by atoms with van der Waals surface area (Å²) in [7, 11) is 1.39. The highest BCUT2D eigenvalue weighted by Gasteiger charge is 2.12. The lowest BCUT2D eigenvalue weighted by atomic mass is 10.0. The number of methoxy groups -OCH3 is 1. The van der Waals surface area contributed by atoms with Gasteiger partial charge in [-0.05, 0) is 41.3 Å². The molecule has 178 valence electrons. The molecule has 0 radical (unpaired) electrons. The number of aliphatic carboxylic acids is 1. The van der Waals surface area contributed by atoms with Crippen LogP contribution in [0.4, 0.5) is 8.78 Å². The zero-order chi connectivity index (χ0) is 24.5. The number of carboxylic acids is 1. The highest BCUT2D eigenvalue weighted by Crippen LogP contribution is 2.33. The number of hydrogen-bond donors (Lipinski definition) is 1. The fraction of sp³-hybridized carbons (Fsp3) is 0.200. The van der Waals surface area contributed by atoms with E-state index in [2.05, 4.69) is 0 Å². The Hall–Kier alpha value is -3.98. The molecular weight excluding hydrogens is 448 g/mol. The van der Waals surface area contributed by atoms with Crippen molar-refractivity contribution in [3.8, 4) is 22.6 Å². The smallest absolute Gasteiger partial charge is 0.325 e. The summed E-state index contributed by atoms with van der Waals surface area (Å²) >= 11 is 0. The molecule has 7 nitrogen and oxygen atoms in total. The number of hydroxylamine groups is 2. The molecule has 0 aliphatic heterocycles. The Morgan fingerprint density at radius 2 is 1.74 bits per heavy atom. The maximum Gasteiger partial charge on any atom is 0.325 e. The number of carboxylic acid groups (broad SMARTS) is 1. The van der Waals surface area contributed by atoms with Crippen LogP contribution in [0.1, 0.15) is 11.1 Å². The summed E-state index contributed by atoms with van der Waals surface area (Å²) in [6.45, 7) is -0.0910. The Bertz CT molecular complexity index is 1140. The van der Waals surface area contributed by atoms with E-state index >= 15 is 0 Å². The van der Waals surface area contributed by atoms with Gasteiger partial charge >= 0.3 is 5.97 Å². The van der Waals surface area contributed by atoms with Crippen molar-refractivity contribution >= 4 is 12.4 Å². The molecule has 0 spiro atoms. The molecule has 0 aromatic heterocycles. The molecule has 0 bridgehead atoms. The van der Waals surface area contributed by atoms with Crippen molar-refractivity contribution < 1.29 is 37.8 Å². The van der Waals surface area contributed by atoms with E-state index in [1.165, 1.54) is 7.11 Å². The molecule has 0 aliphatic carbocycles. The fourth-order valence-electron chi connectivity index (χ4n) is 3.22. The summed E-state index contributed by atoms with van der Waals surface area (Å²) < 4.78 is 38.1. The quantitative estimate of drug-likeness (QED) is 0.314. The number of benzene rings is 3. The van der Waals surface area contributed by atoms with Gasteiger partial charge in [0.05, 0.1) is 13.7 Å². The molecular formula is C25H23F2NO6. The fourth-order valence-corrected chi connectivity index (χ4v) is 3.22. The number of nitrogens with zero attached hydrogens (tertiary/aromatic N) is 1. The minimum atomic E-state index is -1.16. The lowest BCUT2D eigenvalue weighted by Crippen LogP contribution is -2.29. The molecule has 0 saturated heterocycles. The van der Waals surface area contributed by atoms with E-state index in [9.17, 15) is 18.4 Å². The minimum Gasteiger partial charge on any atom is -0.496 e. The van der Waals surface area contributed by atoms with Crippen molar-refractivity contribution in [2.24, 2.45) is 0 Å². The summed E-state index contributed by atoms with van der Waals surface area (Å²) in [6, 6.07) is 16.6. The van der Waals surface area contributed by atoms with Crippen LogP contribution in [0.3, 0.4) is 0 Å². The third kappa shape index (κ3) is 6.76. The number of amides is 1. The van der Waals surface area contributed by atoms with Crippen LogP contribution in [0.5, 0.6) is 11.5 Å². The second-order valence-electron chi connectivity index (χ2n) is 7.26. The van der Waals surface area contributed by atoms with Crippen LogP contribution >= 0.6 is 0 Å². The van der Waals surface area contributed by atoms with Crippen LogP contribution < -0.4 is 9.47 Å². The highest BCUT2D eigenvalue weighted by atomic mass is 19.2. The number of carbonyl (C=O) groups is 2. The molecule has 3 aromatic rings. The molecule has 9 heteroatoms. The number of rotatable bonds is 12. The number of carbonyl (C=O) groups excluding carboxylic acids is 1. The van der Waals surface area contributed by atoms with Crippen molar-refractivity contribution in [2.75, 3.05) is 20.3 Å². The minimum absolute atomic E-state index is 0.144. The molecule has 0 aliphatic rings. The van der Waals surface area contributed by atoms with E-state index in [4.69, 9.17) is 19.4 Å². The Morgan fingerprint density at radius 3 is 2.41 bits per heavy atom. The third-order valence-corrected chi connectivity index (χ3v) is 4.86. The van der Waals surface area contributed by atoms with Gasteiger partial charge in [0.2, 0.25) is 6.41 Å². The second-order valence-corrected chi connectivity index (χ2v) is 7.26. The van der Waals surface area contributed by atoms with Crippen molar-refractivity contribution in [3.05, 3.63) is 83.4 Å². The van der Waals surface area contributed by atoms with Gasteiger partial charge in [0, 0.05) is 11.6 Å². The van der Waals surface area contributed by atoms with Gasteiger partial charge in [-0.1, -0.05) is 36.4 Å². The summed E-state index contributed by atoms with van der Waals surface area (Å²) in [5.74, 6) is -2.28. The standard InChI is InChI=1S/C25H23F2NO6/c1-32-24-13-23(27)22(26)12-21(24)19-5-7-20(8-6-19)33-15-18-4-2-3-17(11-18)9-10-34-28(16-29)14-25(30)31/h2-8,11-13,16H,9-10,14-15H2,1H3,(H,30,31). The predicted molar refractivity (Wildman–Crippen MR) is 119 cm³/mol. The van der Waals surface area contributed by atoms with Crippen LogP contribution in [-0.4, -0.2) is 42.8 Å². The van der Waals surface area contributed by atoms with Crippen molar-refractivity contribution in [1.82, 2.24) is 5.06 Å². The molecule has 1 N–H and O–H groups in total. The van der Waals surface area contributed by atoms with E-state index in [1.54, 1.807) is 24.3 Å². The van der Waals surface area contributed by atoms with Crippen LogP contribution in [0.25, 0.3) is 11.1 Å². The van der Waals surface area contributed by atoms with Gasteiger partial charge in [0.1, 0.15) is 24.7 Å². The molecule has 0 unspecified atom stereocenters. The number of halogens is 2. The highest BCUT2D eigenvalue weighted by molar-refractivity contribution is 5.71. The second kappa shape index (κ2) is 11.8. The first kappa shape index (κ1) is 24.7. The molecule has 0 saturated carbocycles. The first-order valence-corrected chi connectivity index (χ1v) is 10.3. The predicted octanol–water partition coefficient (Wildman–Crippen LogP) is 4.24. The van der Waals surface area contributed by atoms with E-state index in [0.717, 1.165) is 28.3 Å². The Balaban J connectivity index is 1.57. The van der Waals surface area contributed by atoms with Crippen LogP contribution in [0.2, 0.25) is 0 Å². The lowest BCUT2D eigenvalue weighted by Gasteiger charge is -2.14. The van der Waals surface area contributed by atoms with Crippen molar-refractivity contribution in [3.63, 3.8) is 0 Å². The van der Waals surface area contributed by atoms with Crippen LogP contribution in [0, 0.1) is 11.6 Å². The maximum atomic E-state index is 13.7. The number of ether oxygens (including phenoxy) is 2. The molecule has 3 rings (SSSR count).